The monoisotopic (exact) mass is 220 g/mol. The number of rotatable bonds is 2. The van der Waals surface area contributed by atoms with Crippen molar-refractivity contribution < 1.29 is 0 Å². The Balaban J connectivity index is 2.30. The second kappa shape index (κ2) is 5.09. The second-order valence-electron chi connectivity index (χ2n) is 3.80. The Bertz CT molecular complexity index is 592. The Morgan fingerprint density at radius 2 is 1.94 bits per heavy atom. The summed E-state index contributed by atoms with van der Waals surface area (Å²) in [5.41, 5.74) is 3.56. The Hall–Kier alpha value is -2.40. The van der Waals surface area contributed by atoms with Gasteiger partial charge in [0.1, 0.15) is 0 Å². The van der Waals surface area contributed by atoms with Gasteiger partial charge in [-0.1, -0.05) is 30.3 Å². The van der Waals surface area contributed by atoms with E-state index in [1.807, 2.05) is 49.4 Å². The summed E-state index contributed by atoms with van der Waals surface area (Å²) in [6.07, 6.45) is 1.73. The van der Waals surface area contributed by atoms with E-state index >= 15 is 0 Å². The summed E-state index contributed by atoms with van der Waals surface area (Å²) in [7, 11) is 0. The molecule has 0 atom stereocenters. The van der Waals surface area contributed by atoms with Crippen LogP contribution in [0.1, 0.15) is 16.7 Å². The summed E-state index contributed by atoms with van der Waals surface area (Å²) in [4.78, 5) is 4.37. The minimum atomic E-state index is 0.643. The Kier molecular flexibility index (Phi) is 3.32. The third-order valence-electron chi connectivity index (χ3n) is 2.44. The molecule has 2 aromatic rings. The maximum absolute atomic E-state index is 8.95. The van der Waals surface area contributed by atoms with Gasteiger partial charge in [-0.25, -0.2) is 0 Å². The molecule has 0 aliphatic carbocycles. The van der Waals surface area contributed by atoms with E-state index in [4.69, 9.17) is 5.26 Å². The molecule has 2 aromatic carbocycles. The van der Waals surface area contributed by atoms with Crippen LogP contribution in [-0.2, 0) is 0 Å². The quantitative estimate of drug-likeness (QED) is 0.712. The highest BCUT2D eigenvalue weighted by Gasteiger charge is 1.96. The summed E-state index contributed by atoms with van der Waals surface area (Å²) in [5, 5.41) is 8.95. The molecular formula is C15H12N2. The first-order valence-corrected chi connectivity index (χ1v) is 5.39. The van der Waals surface area contributed by atoms with E-state index in [2.05, 4.69) is 11.1 Å². The normalized spacial score (nSPS) is 10.4. The number of aliphatic imine (C=N–C) groups is 1. The van der Waals surface area contributed by atoms with Crippen LogP contribution in [0.15, 0.2) is 53.5 Å². The van der Waals surface area contributed by atoms with Gasteiger partial charge in [0.15, 0.2) is 0 Å². The Labute approximate surface area is 101 Å². The molecule has 0 saturated carbocycles. The lowest BCUT2D eigenvalue weighted by Crippen LogP contribution is -1.86. The van der Waals surface area contributed by atoms with Gasteiger partial charge in [0.05, 0.1) is 17.3 Å². The molecule has 0 radical (unpaired) electrons. The van der Waals surface area contributed by atoms with Crippen LogP contribution < -0.4 is 0 Å². The maximum atomic E-state index is 8.95. The highest BCUT2D eigenvalue weighted by molar-refractivity contribution is 5.85. The van der Waals surface area contributed by atoms with Crippen molar-refractivity contribution in [3.63, 3.8) is 0 Å². The fourth-order valence-corrected chi connectivity index (χ4v) is 1.56. The number of aryl methyl sites for hydroxylation is 1. The molecule has 0 spiro atoms. The first-order valence-electron chi connectivity index (χ1n) is 5.39. The molecule has 17 heavy (non-hydrogen) atoms. The summed E-state index contributed by atoms with van der Waals surface area (Å²) >= 11 is 0. The van der Waals surface area contributed by atoms with Gasteiger partial charge in [-0.3, -0.25) is 4.99 Å². The Morgan fingerprint density at radius 1 is 1.12 bits per heavy atom. The summed E-state index contributed by atoms with van der Waals surface area (Å²) in [5.74, 6) is 0. The van der Waals surface area contributed by atoms with E-state index in [1.54, 1.807) is 12.3 Å². The van der Waals surface area contributed by atoms with Crippen molar-refractivity contribution in [2.75, 3.05) is 0 Å². The predicted octanol–water partition coefficient (Wildman–Crippen LogP) is 3.62. The third kappa shape index (κ3) is 2.79. The molecule has 0 aromatic heterocycles. The molecular weight excluding hydrogens is 208 g/mol. The zero-order chi connectivity index (χ0) is 12.1. The standard InChI is InChI=1S/C15H12N2/c1-12-5-4-8-15(9-12)17-11-14-7-3-2-6-13(14)10-16/h2-9,11H,1H3/b17-11+. The smallest absolute Gasteiger partial charge is 0.0998 e. The average Bonchev–Trinajstić information content (AvgIpc) is 2.37. The summed E-state index contributed by atoms with van der Waals surface area (Å²) in [6.45, 7) is 2.03. The summed E-state index contributed by atoms with van der Waals surface area (Å²) < 4.78 is 0. The van der Waals surface area contributed by atoms with Crippen molar-refractivity contribution in [2.24, 2.45) is 4.99 Å². The largest absolute Gasteiger partial charge is 0.256 e. The lowest BCUT2D eigenvalue weighted by Gasteiger charge is -1.97. The topological polar surface area (TPSA) is 36.1 Å². The maximum Gasteiger partial charge on any atom is 0.0998 e. The average molecular weight is 220 g/mol. The van der Waals surface area contributed by atoms with Gasteiger partial charge in [-0.05, 0) is 30.7 Å². The number of nitriles is 1. The fourth-order valence-electron chi connectivity index (χ4n) is 1.56. The second-order valence-corrected chi connectivity index (χ2v) is 3.80. The van der Waals surface area contributed by atoms with Gasteiger partial charge in [0.25, 0.3) is 0 Å². The van der Waals surface area contributed by atoms with E-state index in [0.717, 1.165) is 11.3 Å². The van der Waals surface area contributed by atoms with Gasteiger partial charge in [0, 0.05) is 11.8 Å². The van der Waals surface area contributed by atoms with Crippen molar-refractivity contribution >= 4 is 11.9 Å². The van der Waals surface area contributed by atoms with Crippen LogP contribution in [0.25, 0.3) is 0 Å². The van der Waals surface area contributed by atoms with E-state index in [1.165, 1.54) is 5.56 Å². The minimum Gasteiger partial charge on any atom is -0.256 e. The first-order chi connectivity index (χ1) is 8.29. The van der Waals surface area contributed by atoms with Gasteiger partial charge in [0.2, 0.25) is 0 Å². The van der Waals surface area contributed by atoms with Crippen LogP contribution in [0.3, 0.4) is 0 Å². The molecule has 0 heterocycles. The molecule has 0 amide bonds. The third-order valence-corrected chi connectivity index (χ3v) is 2.44. The van der Waals surface area contributed by atoms with Crippen LogP contribution in [0, 0.1) is 18.3 Å². The van der Waals surface area contributed by atoms with Crippen molar-refractivity contribution in [3.05, 3.63) is 65.2 Å². The molecule has 0 unspecified atom stereocenters. The van der Waals surface area contributed by atoms with E-state index in [-0.39, 0.29) is 0 Å². The number of hydrogen-bond donors (Lipinski definition) is 0. The zero-order valence-corrected chi connectivity index (χ0v) is 9.59. The molecule has 82 valence electrons. The van der Waals surface area contributed by atoms with E-state index < -0.39 is 0 Å². The first kappa shape index (κ1) is 11.1. The zero-order valence-electron chi connectivity index (χ0n) is 9.59. The van der Waals surface area contributed by atoms with Crippen molar-refractivity contribution in [3.8, 4) is 6.07 Å². The summed E-state index contributed by atoms with van der Waals surface area (Å²) in [6, 6.07) is 17.5. The fraction of sp³-hybridized carbons (Fsp3) is 0.0667. The number of benzene rings is 2. The van der Waals surface area contributed by atoms with Crippen LogP contribution in [0.5, 0.6) is 0 Å². The molecule has 0 fully saturated rings. The highest BCUT2D eigenvalue weighted by atomic mass is 14.7. The molecule has 2 heteroatoms. The number of nitrogens with zero attached hydrogens (tertiary/aromatic N) is 2. The molecule has 2 rings (SSSR count). The molecule has 0 saturated heterocycles. The van der Waals surface area contributed by atoms with Crippen LogP contribution in [0.4, 0.5) is 5.69 Å². The van der Waals surface area contributed by atoms with E-state index in [9.17, 15) is 0 Å². The van der Waals surface area contributed by atoms with Crippen LogP contribution in [0.2, 0.25) is 0 Å². The SMILES string of the molecule is Cc1cccc(/N=C/c2ccccc2C#N)c1. The molecule has 0 bridgehead atoms. The van der Waals surface area contributed by atoms with E-state index in [0.29, 0.717) is 5.56 Å². The molecule has 0 aliphatic heterocycles. The lowest BCUT2D eigenvalue weighted by molar-refractivity contribution is 1.42. The van der Waals surface area contributed by atoms with Crippen molar-refractivity contribution in [1.82, 2.24) is 0 Å². The predicted molar refractivity (Wildman–Crippen MR) is 69.6 cm³/mol. The minimum absolute atomic E-state index is 0.643. The van der Waals surface area contributed by atoms with Crippen LogP contribution in [-0.4, -0.2) is 6.21 Å². The highest BCUT2D eigenvalue weighted by Crippen LogP contribution is 2.14. The van der Waals surface area contributed by atoms with Crippen molar-refractivity contribution in [2.45, 2.75) is 6.92 Å². The lowest BCUT2D eigenvalue weighted by atomic mass is 10.1. The van der Waals surface area contributed by atoms with Gasteiger partial charge in [-0.15, -0.1) is 0 Å². The molecule has 0 N–H and O–H groups in total. The van der Waals surface area contributed by atoms with Gasteiger partial charge >= 0.3 is 0 Å². The van der Waals surface area contributed by atoms with Crippen molar-refractivity contribution in [1.29, 1.82) is 5.26 Å². The Morgan fingerprint density at radius 3 is 2.71 bits per heavy atom. The van der Waals surface area contributed by atoms with Gasteiger partial charge < -0.3 is 0 Å². The number of hydrogen-bond acceptors (Lipinski definition) is 2. The van der Waals surface area contributed by atoms with Crippen LogP contribution >= 0.6 is 0 Å². The van der Waals surface area contributed by atoms with Gasteiger partial charge in [-0.2, -0.15) is 5.26 Å². The molecule has 0 aliphatic rings. The molecule has 2 nitrogen and oxygen atoms in total.